The van der Waals surface area contributed by atoms with Crippen LogP contribution in [0.25, 0.3) is 0 Å². The number of hydrogen-bond acceptors (Lipinski definition) is 4. The third-order valence-corrected chi connectivity index (χ3v) is 6.39. The summed E-state index contributed by atoms with van der Waals surface area (Å²) in [6.07, 6.45) is -0.488. The van der Waals surface area contributed by atoms with Gasteiger partial charge in [0.2, 0.25) is 11.8 Å². The lowest BCUT2D eigenvalue weighted by atomic mass is 9.82. The highest BCUT2D eigenvalue weighted by Crippen LogP contribution is 2.36. The van der Waals surface area contributed by atoms with E-state index >= 15 is 0 Å². The van der Waals surface area contributed by atoms with Gasteiger partial charge in [-0.1, -0.05) is 23.8 Å². The van der Waals surface area contributed by atoms with E-state index in [4.69, 9.17) is 11.6 Å². The van der Waals surface area contributed by atoms with Crippen LogP contribution in [0.4, 0.5) is 24.5 Å². The molecular formula is C23H20ClF3N2O4S. The van der Waals surface area contributed by atoms with E-state index in [2.05, 4.69) is 10.6 Å². The number of benzene rings is 2. The van der Waals surface area contributed by atoms with Crippen LogP contribution in [0.2, 0.25) is 5.02 Å². The summed E-state index contributed by atoms with van der Waals surface area (Å²) >= 11 is 6.74. The summed E-state index contributed by atoms with van der Waals surface area (Å²) in [6.45, 7) is 0. The molecule has 0 aliphatic heterocycles. The Morgan fingerprint density at radius 2 is 1.65 bits per heavy atom. The lowest BCUT2D eigenvalue weighted by Crippen LogP contribution is -2.34. The van der Waals surface area contributed by atoms with Gasteiger partial charge in [0.25, 0.3) is 0 Å². The summed E-state index contributed by atoms with van der Waals surface area (Å²) in [5, 5.41) is 14.2. The average Bonchev–Trinajstić information content (AvgIpc) is 2.79. The Balaban J connectivity index is 1.55. The van der Waals surface area contributed by atoms with Crippen LogP contribution in [-0.4, -0.2) is 28.6 Å². The van der Waals surface area contributed by atoms with Gasteiger partial charge in [-0.3, -0.25) is 14.4 Å². The lowest BCUT2D eigenvalue weighted by molar-refractivity contribution is -0.146. The maximum absolute atomic E-state index is 13.2. The van der Waals surface area contributed by atoms with E-state index in [0.717, 1.165) is 23.9 Å². The highest BCUT2D eigenvalue weighted by Gasteiger charge is 2.35. The van der Waals surface area contributed by atoms with Gasteiger partial charge in [-0.25, -0.2) is 0 Å². The molecule has 2 unspecified atom stereocenters. The van der Waals surface area contributed by atoms with Crippen molar-refractivity contribution in [2.45, 2.75) is 23.9 Å². The second kappa shape index (κ2) is 11.0. The third kappa shape index (κ3) is 6.77. The van der Waals surface area contributed by atoms with Crippen molar-refractivity contribution in [3.63, 3.8) is 0 Å². The fourth-order valence-electron chi connectivity index (χ4n) is 3.44. The van der Waals surface area contributed by atoms with Gasteiger partial charge in [0.05, 0.1) is 28.8 Å². The minimum Gasteiger partial charge on any atom is -0.481 e. The average molecular weight is 513 g/mol. The third-order valence-electron chi connectivity index (χ3n) is 5.14. The predicted molar refractivity (Wildman–Crippen MR) is 124 cm³/mol. The molecule has 0 radical (unpaired) electrons. The lowest BCUT2D eigenvalue weighted by Gasteiger charge is -2.24. The molecule has 1 aliphatic rings. The molecule has 2 aromatic carbocycles. The van der Waals surface area contributed by atoms with Crippen molar-refractivity contribution in [3.8, 4) is 0 Å². The highest BCUT2D eigenvalue weighted by molar-refractivity contribution is 8.00. The van der Waals surface area contributed by atoms with Crippen LogP contribution < -0.4 is 10.6 Å². The summed E-state index contributed by atoms with van der Waals surface area (Å²) in [7, 11) is 0. The minimum atomic E-state index is -4.67. The first-order valence-corrected chi connectivity index (χ1v) is 11.5. The van der Waals surface area contributed by atoms with Crippen molar-refractivity contribution in [3.05, 3.63) is 65.2 Å². The first kappa shape index (κ1) is 25.6. The number of halogens is 4. The van der Waals surface area contributed by atoms with Crippen molar-refractivity contribution >= 4 is 52.5 Å². The van der Waals surface area contributed by atoms with Gasteiger partial charge in [-0.15, -0.1) is 11.8 Å². The monoisotopic (exact) mass is 512 g/mol. The second-order valence-electron chi connectivity index (χ2n) is 7.53. The topological polar surface area (TPSA) is 95.5 Å². The fraction of sp³-hybridized carbons (Fsp3) is 0.261. The maximum Gasteiger partial charge on any atom is 0.418 e. The van der Waals surface area contributed by atoms with Crippen molar-refractivity contribution in [2.24, 2.45) is 11.8 Å². The minimum absolute atomic E-state index is 0.0923. The number of allylic oxidation sites excluding steroid dienone is 2. The van der Waals surface area contributed by atoms with Crippen LogP contribution in [-0.2, 0) is 20.6 Å². The van der Waals surface area contributed by atoms with Crippen LogP contribution in [0.5, 0.6) is 0 Å². The number of thioether (sulfide) groups is 1. The number of amides is 2. The number of hydrogen-bond donors (Lipinski definition) is 3. The number of alkyl halides is 3. The van der Waals surface area contributed by atoms with E-state index < -0.39 is 35.5 Å². The van der Waals surface area contributed by atoms with Gasteiger partial charge in [-0.2, -0.15) is 13.2 Å². The molecule has 0 heterocycles. The molecule has 2 atom stereocenters. The number of carboxylic acids is 1. The summed E-state index contributed by atoms with van der Waals surface area (Å²) < 4.78 is 39.5. The van der Waals surface area contributed by atoms with Crippen LogP contribution in [0, 0.1) is 11.8 Å². The van der Waals surface area contributed by atoms with Gasteiger partial charge in [0.1, 0.15) is 0 Å². The number of carbonyl (C=O) groups is 3. The summed E-state index contributed by atoms with van der Waals surface area (Å²) in [6, 6.07) is 9.61. The molecule has 34 heavy (non-hydrogen) atoms. The standard InChI is InChI=1S/C23H20ClF3N2O4S/c24-13-5-10-19(18(11-13)23(25,26)27)29-20(30)12-34-15-8-6-14(7-9-15)28-21(31)16-3-1-2-4-17(16)22(32)33/h1-2,5-11,16-17H,3-4,12H2,(H,28,31)(H,29,30)(H,32,33). The molecule has 11 heteroatoms. The van der Waals surface area contributed by atoms with Crippen molar-refractivity contribution < 1.29 is 32.7 Å². The van der Waals surface area contributed by atoms with Crippen LogP contribution in [0.1, 0.15) is 18.4 Å². The van der Waals surface area contributed by atoms with E-state index in [1.165, 1.54) is 6.07 Å². The predicted octanol–water partition coefficient (Wildman–Crippen LogP) is 5.70. The molecule has 0 fully saturated rings. The Hall–Kier alpha value is -2.98. The maximum atomic E-state index is 13.2. The number of anilines is 2. The number of carbonyl (C=O) groups excluding carboxylic acids is 2. The zero-order valence-corrected chi connectivity index (χ0v) is 19.1. The molecule has 3 N–H and O–H groups in total. The van der Waals surface area contributed by atoms with E-state index in [1.807, 2.05) is 0 Å². The van der Waals surface area contributed by atoms with Gasteiger partial charge < -0.3 is 15.7 Å². The molecule has 3 rings (SSSR count). The largest absolute Gasteiger partial charge is 0.481 e. The number of rotatable bonds is 7. The van der Waals surface area contributed by atoms with Gasteiger partial charge in [-0.05, 0) is 55.3 Å². The molecule has 6 nitrogen and oxygen atoms in total. The Kier molecular flexibility index (Phi) is 8.27. The molecule has 0 saturated heterocycles. The molecule has 0 spiro atoms. The Labute approximate surface area is 202 Å². The Morgan fingerprint density at radius 1 is 1.00 bits per heavy atom. The van der Waals surface area contributed by atoms with Gasteiger partial charge >= 0.3 is 12.1 Å². The Bertz CT molecular complexity index is 1110. The van der Waals surface area contributed by atoms with Crippen molar-refractivity contribution in [1.82, 2.24) is 0 Å². The van der Waals surface area contributed by atoms with E-state index in [1.54, 1.807) is 36.4 Å². The van der Waals surface area contributed by atoms with Crippen molar-refractivity contribution in [2.75, 3.05) is 16.4 Å². The zero-order valence-electron chi connectivity index (χ0n) is 17.6. The highest BCUT2D eigenvalue weighted by atomic mass is 35.5. The summed E-state index contributed by atoms with van der Waals surface area (Å²) in [5.74, 6) is -3.62. The smallest absolute Gasteiger partial charge is 0.418 e. The molecule has 0 aromatic heterocycles. The zero-order chi connectivity index (χ0) is 24.9. The van der Waals surface area contributed by atoms with E-state index in [0.29, 0.717) is 23.4 Å². The fourth-order valence-corrected chi connectivity index (χ4v) is 4.31. The second-order valence-corrected chi connectivity index (χ2v) is 9.02. The van der Waals surface area contributed by atoms with E-state index in [9.17, 15) is 32.7 Å². The van der Waals surface area contributed by atoms with Crippen molar-refractivity contribution in [1.29, 1.82) is 0 Å². The molecule has 2 amide bonds. The number of aliphatic carboxylic acids is 1. The first-order chi connectivity index (χ1) is 16.0. The van der Waals surface area contributed by atoms with Crippen LogP contribution >= 0.6 is 23.4 Å². The SMILES string of the molecule is O=C(CSc1ccc(NC(=O)C2CC=CCC2C(=O)O)cc1)Nc1ccc(Cl)cc1C(F)(F)F. The van der Waals surface area contributed by atoms with E-state index in [-0.39, 0.29) is 22.4 Å². The van der Waals surface area contributed by atoms with Gasteiger partial charge in [0.15, 0.2) is 0 Å². The summed E-state index contributed by atoms with van der Waals surface area (Å²) in [5.41, 5.74) is -0.941. The quantitative estimate of drug-likeness (QED) is 0.327. The molecular weight excluding hydrogens is 493 g/mol. The first-order valence-electron chi connectivity index (χ1n) is 10.1. The number of nitrogens with one attached hydrogen (secondary N) is 2. The van der Waals surface area contributed by atoms with Crippen LogP contribution in [0.3, 0.4) is 0 Å². The summed E-state index contributed by atoms with van der Waals surface area (Å²) in [4.78, 5) is 36.7. The number of carboxylic acid groups (broad SMARTS) is 1. The van der Waals surface area contributed by atoms with Crippen LogP contribution in [0.15, 0.2) is 59.5 Å². The Morgan fingerprint density at radius 3 is 2.26 bits per heavy atom. The van der Waals surface area contributed by atoms with Gasteiger partial charge in [0, 0.05) is 15.6 Å². The molecule has 1 aliphatic carbocycles. The molecule has 0 saturated carbocycles. The molecule has 2 aromatic rings. The molecule has 180 valence electrons. The molecule has 0 bridgehead atoms. The normalized spacial score (nSPS) is 17.8.